The van der Waals surface area contributed by atoms with E-state index in [1.54, 1.807) is 0 Å². The normalized spacial score (nSPS) is 13.0. The summed E-state index contributed by atoms with van der Waals surface area (Å²) in [5, 5.41) is 0. The van der Waals surface area contributed by atoms with Crippen molar-refractivity contribution in [3.05, 3.63) is 58.1 Å². The van der Waals surface area contributed by atoms with Crippen molar-refractivity contribution in [2.45, 2.75) is 39.2 Å². The van der Waals surface area contributed by atoms with Crippen molar-refractivity contribution in [2.75, 3.05) is 0 Å². The zero-order valence-electron chi connectivity index (χ0n) is 13.0. The summed E-state index contributed by atoms with van der Waals surface area (Å²) >= 11 is 3.54. The van der Waals surface area contributed by atoms with E-state index < -0.39 is 0 Å². The SMILES string of the molecule is CC(N)c1ccc(Oc2ccc(C(C)(C)C)cc2)cc1Br. The molecule has 0 saturated heterocycles. The molecular formula is C18H22BrNO. The molecule has 0 spiro atoms. The van der Waals surface area contributed by atoms with Crippen molar-refractivity contribution in [3.63, 3.8) is 0 Å². The van der Waals surface area contributed by atoms with Gasteiger partial charge in [0.15, 0.2) is 0 Å². The van der Waals surface area contributed by atoms with E-state index in [1.807, 2.05) is 37.3 Å². The smallest absolute Gasteiger partial charge is 0.128 e. The van der Waals surface area contributed by atoms with Gasteiger partial charge < -0.3 is 10.5 Å². The van der Waals surface area contributed by atoms with E-state index in [1.165, 1.54) is 5.56 Å². The van der Waals surface area contributed by atoms with Crippen molar-refractivity contribution in [1.82, 2.24) is 0 Å². The van der Waals surface area contributed by atoms with Crippen molar-refractivity contribution >= 4 is 15.9 Å². The standard InChI is InChI=1S/C18H22BrNO/c1-12(20)16-10-9-15(11-17(16)19)21-14-7-5-13(6-8-14)18(2,3)4/h5-12H,20H2,1-4H3. The van der Waals surface area contributed by atoms with Crippen LogP contribution >= 0.6 is 15.9 Å². The highest BCUT2D eigenvalue weighted by Gasteiger charge is 2.13. The molecule has 3 heteroatoms. The summed E-state index contributed by atoms with van der Waals surface area (Å²) in [6.45, 7) is 8.57. The number of benzene rings is 2. The van der Waals surface area contributed by atoms with Gasteiger partial charge in [0.2, 0.25) is 0 Å². The highest BCUT2D eigenvalue weighted by Crippen LogP contribution is 2.30. The number of rotatable bonds is 3. The molecule has 112 valence electrons. The lowest BCUT2D eigenvalue weighted by Gasteiger charge is -2.19. The molecule has 0 saturated carbocycles. The van der Waals surface area contributed by atoms with Crippen LogP contribution in [0.2, 0.25) is 0 Å². The van der Waals surface area contributed by atoms with E-state index in [-0.39, 0.29) is 11.5 Å². The molecule has 2 aromatic carbocycles. The minimum Gasteiger partial charge on any atom is -0.457 e. The Labute approximate surface area is 135 Å². The molecule has 0 bridgehead atoms. The molecule has 0 aliphatic heterocycles. The Morgan fingerprint density at radius 1 is 1.00 bits per heavy atom. The monoisotopic (exact) mass is 347 g/mol. The minimum atomic E-state index is -0.000468. The first-order valence-electron chi connectivity index (χ1n) is 7.11. The summed E-state index contributed by atoms with van der Waals surface area (Å²) in [4.78, 5) is 0. The predicted molar refractivity (Wildman–Crippen MR) is 92.0 cm³/mol. The molecule has 1 unspecified atom stereocenters. The van der Waals surface area contributed by atoms with Crippen LogP contribution in [-0.2, 0) is 5.41 Å². The third-order valence-electron chi connectivity index (χ3n) is 3.42. The van der Waals surface area contributed by atoms with E-state index in [0.717, 1.165) is 21.5 Å². The average molecular weight is 348 g/mol. The van der Waals surface area contributed by atoms with E-state index in [4.69, 9.17) is 10.5 Å². The molecule has 0 aliphatic rings. The molecule has 1 atom stereocenters. The maximum absolute atomic E-state index is 5.90. The molecule has 21 heavy (non-hydrogen) atoms. The van der Waals surface area contributed by atoms with Gasteiger partial charge in [-0.05, 0) is 47.7 Å². The second kappa shape index (κ2) is 6.20. The Kier molecular flexibility index (Phi) is 4.74. The van der Waals surface area contributed by atoms with Gasteiger partial charge in [-0.3, -0.25) is 0 Å². The molecule has 0 aliphatic carbocycles. The second-order valence-corrected chi connectivity index (χ2v) is 7.20. The first kappa shape index (κ1) is 16.1. The van der Waals surface area contributed by atoms with Gasteiger partial charge >= 0.3 is 0 Å². The van der Waals surface area contributed by atoms with Crippen LogP contribution in [0.25, 0.3) is 0 Å². The summed E-state index contributed by atoms with van der Waals surface area (Å²) < 4.78 is 6.86. The molecular weight excluding hydrogens is 326 g/mol. The first-order valence-corrected chi connectivity index (χ1v) is 7.90. The van der Waals surface area contributed by atoms with E-state index >= 15 is 0 Å². The van der Waals surface area contributed by atoms with Gasteiger partial charge in [-0.15, -0.1) is 0 Å². The Bertz CT molecular complexity index is 612. The average Bonchev–Trinajstić information content (AvgIpc) is 2.38. The summed E-state index contributed by atoms with van der Waals surface area (Å²) in [7, 11) is 0. The first-order chi connectivity index (χ1) is 9.77. The Balaban J connectivity index is 2.17. The van der Waals surface area contributed by atoms with Crippen molar-refractivity contribution < 1.29 is 4.74 Å². The molecule has 0 fully saturated rings. The third-order valence-corrected chi connectivity index (χ3v) is 4.11. The van der Waals surface area contributed by atoms with E-state index in [0.29, 0.717) is 0 Å². The van der Waals surface area contributed by atoms with Crippen LogP contribution in [0, 0.1) is 0 Å². The number of halogens is 1. The summed E-state index contributed by atoms with van der Waals surface area (Å²) in [5.41, 5.74) is 8.43. The highest BCUT2D eigenvalue weighted by molar-refractivity contribution is 9.10. The number of nitrogens with two attached hydrogens (primary N) is 1. The molecule has 2 aromatic rings. The van der Waals surface area contributed by atoms with E-state index in [2.05, 4.69) is 48.8 Å². The zero-order valence-corrected chi connectivity index (χ0v) is 14.6. The van der Waals surface area contributed by atoms with Crippen molar-refractivity contribution in [1.29, 1.82) is 0 Å². The van der Waals surface area contributed by atoms with Crippen LogP contribution in [0.3, 0.4) is 0 Å². The predicted octanol–water partition coefficient (Wildman–Crippen LogP) is 5.56. The topological polar surface area (TPSA) is 35.2 Å². The lowest BCUT2D eigenvalue weighted by atomic mass is 9.87. The van der Waals surface area contributed by atoms with Crippen LogP contribution in [0.5, 0.6) is 11.5 Å². The minimum absolute atomic E-state index is 0.000468. The largest absolute Gasteiger partial charge is 0.457 e. The maximum Gasteiger partial charge on any atom is 0.128 e. The molecule has 0 radical (unpaired) electrons. The Morgan fingerprint density at radius 2 is 1.57 bits per heavy atom. The van der Waals surface area contributed by atoms with Crippen molar-refractivity contribution in [3.8, 4) is 11.5 Å². The summed E-state index contributed by atoms with van der Waals surface area (Å²) in [6, 6.07) is 14.1. The number of hydrogen-bond donors (Lipinski definition) is 1. The quantitative estimate of drug-likeness (QED) is 0.788. The van der Waals surface area contributed by atoms with Gasteiger partial charge in [0.05, 0.1) is 0 Å². The molecule has 2 rings (SSSR count). The summed E-state index contributed by atoms with van der Waals surface area (Å²) in [5.74, 6) is 1.64. The van der Waals surface area contributed by atoms with Crippen LogP contribution in [0.15, 0.2) is 46.9 Å². The van der Waals surface area contributed by atoms with Gasteiger partial charge in [0, 0.05) is 10.5 Å². The number of hydrogen-bond acceptors (Lipinski definition) is 2. The number of ether oxygens (including phenoxy) is 1. The fourth-order valence-corrected chi connectivity index (χ4v) is 2.82. The molecule has 2 N–H and O–H groups in total. The fraction of sp³-hybridized carbons (Fsp3) is 0.333. The van der Waals surface area contributed by atoms with Gasteiger partial charge in [0.25, 0.3) is 0 Å². The van der Waals surface area contributed by atoms with Crippen LogP contribution in [0.4, 0.5) is 0 Å². The van der Waals surface area contributed by atoms with Gasteiger partial charge in [-0.2, -0.15) is 0 Å². The fourth-order valence-electron chi connectivity index (χ4n) is 2.10. The van der Waals surface area contributed by atoms with Gasteiger partial charge in [0.1, 0.15) is 11.5 Å². The lowest BCUT2D eigenvalue weighted by molar-refractivity contribution is 0.480. The highest BCUT2D eigenvalue weighted by atomic mass is 79.9. The Hall–Kier alpha value is -1.32. The van der Waals surface area contributed by atoms with E-state index in [9.17, 15) is 0 Å². The summed E-state index contributed by atoms with van der Waals surface area (Å²) in [6.07, 6.45) is 0. The molecule has 0 amide bonds. The molecule has 0 heterocycles. The Morgan fingerprint density at radius 3 is 2.05 bits per heavy atom. The zero-order chi connectivity index (χ0) is 15.6. The molecule has 2 nitrogen and oxygen atoms in total. The molecule has 0 aromatic heterocycles. The van der Waals surface area contributed by atoms with Gasteiger partial charge in [-0.1, -0.05) is 54.9 Å². The van der Waals surface area contributed by atoms with Crippen LogP contribution in [0.1, 0.15) is 44.9 Å². The van der Waals surface area contributed by atoms with Gasteiger partial charge in [-0.25, -0.2) is 0 Å². The van der Waals surface area contributed by atoms with Crippen molar-refractivity contribution in [2.24, 2.45) is 5.73 Å². The third kappa shape index (κ3) is 4.08. The second-order valence-electron chi connectivity index (χ2n) is 6.35. The maximum atomic E-state index is 5.90. The van der Waals surface area contributed by atoms with Crippen LogP contribution in [-0.4, -0.2) is 0 Å². The lowest BCUT2D eigenvalue weighted by Crippen LogP contribution is -2.10. The van der Waals surface area contributed by atoms with Crippen LogP contribution < -0.4 is 10.5 Å².